The molecule has 0 spiro atoms. The number of rotatable bonds is 3. The monoisotopic (exact) mass is 226 g/mol. The molecule has 1 aliphatic carbocycles. The van der Waals surface area contributed by atoms with Crippen molar-refractivity contribution in [2.24, 2.45) is 5.92 Å². The summed E-state index contributed by atoms with van der Waals surface area (Å²) >= 11 is 0. The summed E-state index contributed by atoms with van der Waals surface area (Å²) in [5.74, 6) is 0.0301. The fraction of sp³-hybridized carbons (Fsp3) is 0.818. The van der Waals surface area contributed by atoms with Crippen molar-refractivity contribution in [2.75, 3.05) is 6.61 Å². The molecule has 16 heavy (non-hydrogen) atoms. The predicted octanol–water partition coefficient (Wildman–Crippen LogP) is -0.458. The highest BCUT2D eigenvalue weighted by atomic mass is 16.3. The van der Waals surface area contributed by atoms with Crippen LogP contribution in [0, 0.1) is 5.92 Å². The van der Waals surface area contributed by atoms with E-state index in [0.29, 0.717) is 12.8 Å². The lowest BCUT2D eigenvalue weighted by atomic mass is 10.0. The molecular weight excluding hydrogens is 208 g/mol. The number of carbonyl (C=O) groups excluding carboxylic acids is 2. The first-order chi connectivity index (χ1) is 7.70. The fourth-order valence-corrected chi connectivity index (χ4v) is 2.54. The normalized spacial score (nSPS) is 33.8. The van der Waals surface area contributed by atoms with Crippen molar-refractivity contribution in [3.05, 3.63) is 0 Å². The Morgan fingerprint density at radius 3 is 2.88 bits per heavy atom. The highest BCUT2D eigenvalue weighted by Gasteiger charge is 2.32. The second kappa shape index (κ2) is 4.82. The third kappa shape index (κ3) is 2.35. The Morgan fingerprint density at radius 1 is 1.44 bits per heavy atom. The summed E-state index contributed by atoms with van der Waals surface area (Å²) in [5.41, 5.74) is 0. The van der Waals surface area contributed by atoms with Crippen LogP contribution in [0.5, 0.6) is 0 Å². The van der Waals surface area contributed by atoms with Crippen LogP contribution in [0.1, 0.15) is 32.1 Å². The first kappa shape index (κ1) is 11.4. The Bertz CT molecular complexity index is 293. The molecule has 0 bridgehead atoms. The summed E-state index contributed by atoms with van der Waals surface area (Å²) < 4.78 is 0. The maximum Gasteiger partial charge on any atom is 0.242 e. The third-order valence-electron chi connectivity index (χ3n) is 3.53. The van der Waals surface area contributed by atoms with Gasteiger partial charge >= 0.3 is 0 Å². The van der Waals surface area contributed by atoms with Crippen molar-refractivity contribution in [3.8, 4) is 0 Å². The number of hydrogen-bond donors (Lipinski definition) is 3. The summed E-state index contributed by atoms with van der Waals surface area (Å²) in [5, 5.41) is 14.7. The Labute approximate surface area is 94.6 Å². The lowest BCUT2D eigenvalue weighted by Crippen LogP contribution is -2.47. The molecule has 0 aromatic rings. The van der Waals surface area contributed by atoms with Crippen molar-refractivity contribution in [1.82, 2.24) is 10.6 Å². The summed E-state index contributed by atoms with van der Waals surface area (Å²) in [7, 11) is 0. The topological polar surface area (TPSA) is 78.4 Å². The van der Waals surface area contributed by atoms with Crippen LogP contribution in [-0.2, 0) is 9.59 Å². The molecule has 2 aliphatic rings. The number of hydrogen-bond acceptors (Lipinski definition) is 3. The molecule has 1 heterocycles. The zero-order valence-corrected chi connectivity index (χ0v) is 9.24. The highest BCUT2D eigenvalue weighted by molar-refractivity contribution is 5.90. The van der Waals surface area contributed by atoms with Crippen LogP contribution < -0.4 is 10.6 Å². The lowest BCUT2D eigenvalue weighted by Gasteiger charge is -2.21. The van der Waals surface area contributed by atoms with Gasteiger partial charge in [-0.1, -0.05) is 6.42 Å². The van der Waals surface area contributed by atoms with Gasteiger partial charge < -0.3 is 15.7 Å². The number of nitrogens with one attached hydrogen (secondary N) is 2. The minimum absolute atomic E-state index is 0.0507. The smallest absolute Gasteiger partial charge is 0.242 e. The average molecular weight is 226 g/mol. The van der Waals surface area contributed by atoms with E-state index < -0.39 is 0 Å². The van der Waals surface area contributed by atoms with Gasteiger partial charge in [-0.2, -0.15) is 0 Å². The Hall–Kier alpha value is -1.10. The largest absolute Gasteiger partial charge is 0.396 e. The van der Waals surface area contributed by atoms with Crippen LogP contribution in [-0.4, -0.2) is 35.6 Å². The summed E-state index contributed by atoms with van der Waals surface area (Å²) in [6, 6.07) is -0.289. The van der Waals surface area contributed by atoms with Gasteiger partial charge in [0, 0.05) is 25.0 Å². The van der Waals surface area contributed by atoms with Gasteiger partial charge in [-0.3, -0.25) is 9.59 Å². The molecule has 1 saturated carbocycles. The molecule has 90 valence electrons. The number of carbonyl (C=O) groups is 2. The van der Waals surface area contributed by atoms with E-state index >= 15 is 0 Å². The Kier molecular flexibility index (Phi) is 3.43. The Balaban J connectivity index is 1.84. The van der Waals surface area contributed by atoms with Gasteiger partial charge in [0.15, 0.2) is 0 Å². The molecule has 0 aromatic heterocycles. The predicted molar refractivity (Wildman–Crippen MR) is 57.5 cm³/mol. The summed E-state index contributed by atoms with van der Waals surface area (Å²) in [6.07, 6.45) is 3.97. The second-order valence-electron chi connectivity index (χ2n) is 4.65. The van der Waals surface area contributed by atoms with E-state index in [1.54, 1.807) is 0 Å². The van der Waals surface area contributed by atoms with Crippen molar-refractivity contribution >= 4 is 11.8 Å². The maximum absolute atomic E-state index is 11.8. The van der Waals surface area contributed by atoms with Gasteiger partial charge in [-0.25, -0.2) is 0 Å². The van der Waals surface area contributed by atoms with E-state index in [0.717, 1.165) is 19.3 Å². The van der Waals surface area contributed by atoms with Gasteiger partial charge in [0.1, 0.15) is 6.04 Å². The van der Waals surface area contributed by atoms with Gasteiger partial charge in [0.05, 0.1) is 0 Å². The molecule has 2 fully saturated rings. The maximum atomic E-state index is 11.8. The van der Waals surface area contributed by atoms with E-state index in [4.69, 9.17) is 5.11 Å². The Morgan fingerprint density at radius 2 is 2.25 bits per heavy atom. The second-order valence-corrected chi connectivity index (χ2v) is 4.65. The molecule has 2 amide bonds. The van der Waals surface area contributed by atoms with Crippen LogP contribution >= 0.6 is 0 Å². The van der Waals surface area contributed by atoms with Crippen molar-refractivity contribution < 1.29 is 14.7 Å². The van der Waals surface area contributed by atoms with E-state index in [-0.39, 0.29) is 36.4 Å². The number of aliphatic hydroxyl groups excluding tert-OH is 1. The highest BCUT2D eigenvalue weighted by Crippen LogP contribution is 2.25. The minimum atomic E-state index is -0.368. The van der Waals surface area contributed by atoms with Crippen molar-refractivity contribution in [1.29, 1.82) is 0 Å². The average Bonchev–Trinajstić information content (AvgIpc) is 2.86. The molecule has 5 heteroatoms. The number of aliphatic hydroxyl groups is 1. The van der Waals surface area contributed by atoms with Gasteiger partial charge in [0.25, 0.3) is 0 Å². The molecular formula is C11H18N2O3. The first-order valence-electron chi connectivity index (χ1n) is 5.91. The SMILES string of the molecule is O=C1CC[C@@H](C(=O)NC2CCCC2CO)N1. The molecule has 0 radical (unpaired) electrons. The zero-order chi connectivity index (χ0) is 11.5. The lowest BCUT2D eigenvalue weighted by molar-refractivity contribution is -0.126. The van der Waals surface area contributed by atoms with Gasteiger partial charge in [-0.05, 0) is 19.3 Å². The molecule has 3 atom stereocenters. The molecule has 5 nitrogen and oxygen atoms in total. The summed E-state index contributed by atoms with van der Waals surface area (Å²) in [6.45, 7) is 0.127. The molecule has 2 unspecified atom stereocenters. The quantitative estimate of drug-likeness (QED) is 0.609. The van der Waals surface area contributed by atoms with Crippen LogP contribution in [0.3, 0.4) is 0 Å². The molecule has 0 aromatic carbocycles. The van der Waals surface area contributed by atoms with E-state index in [9.17, 15) is 9.59 Å². The molecule has 3 N–H and O–H groups in total. The van der Waals surface area contributed by atoms with Crippen LogP contribution in [0.15, 0.2) is 0 Å². The summed E-state index contributed by atoms with van der Waals surface area (Å²) in [4.78, 5) is 22.8. The van der Waals surface area contributed by atoms with Crippen molar-refractivity contribution in [3.63, 3.8) is 0 Å². The first-order valence-corrected chi connectivity index (χ1v) is 5.91. The van der Waals surface area contributed by atoms with Crippen molar-refractivity contribution in [2.45, 2.75) is 44.2 Å². The van der Waals surface area contributed by atoms with Crippen LogP contribution in [0.25, 0.3) is 0 Å². The van der Waals surface area contributed by atoms with E-state index in [1.165, 1.54) is 0 Å². The molecule has 1 aliphatic heterocycles. The zero-order valence-electron chi connectivity index (χ0n) is 9.24. The minimum Gasteiger partial charge on any atom is -0.396 e. The van der Waals surface area contributed by atoms with Gasteiger partial charge in [-0.15, -0.1) is 0 Å². The van der Waals surface area contributed by atoms with E-state index in [2.05, 4.69) is 10.6 Å². The van der Waals surface area contributed by atoms with Gasteiger partial charge in [0.2, 0.25) is 11.8 Å². The molecule has 2 rings (SSSR count). The van der Waals surface area contributed by atoms with E-state index in [1.807, 2.05) is 0 Å². The number of amides is 2. The van der Waals surface area contributed by atoms with Crippen LogP contribution in [0.4, 0.5) is 0 Å². The third-order valence-corrected chi connectivity index (χ3v) is 3.53. The fourth-order valence-electron chi connectivity index (χ4n) is 2.54. The molecule has 1 saturated heterocycles. The standard InChI is InChI=1S/C11H18N2O3/c14-6-7-2-1-3-8(7)13-11(16)9-4-5-10(15)12-9/h7-9,14H,1-6H2,(H,12,15)(H,13,16)/t7?,8?,9-/m0/s1. The van der Waals surface area contributed by atoms with Crippen LogP contribution in [0.2, 0.25) is 0 Å².